The van der Waals surface area contributed by atoms with Crippen molar-refractivity contribution in [3.8, 4) is 5.75 Å². The van der Waals surface area contributed by atoms with Gasteiger partial charge < -0.3 is 15.9 Å². The van der Waals surface area contributed by atoms with Gasteiger partial charge in [0.25, 0.3) is 0 Å². The zero-order valence-electron chi connectivity index (χ0n) is 7.34. The highest BCUT2D eigenvalue weighted by Crippen LogP contribution is 2.24. The van der Waals surface area contributed by atoms with Crippen molar-refractivity contribution in [3.63, 3.8) is 0 Å². The average Bonchev–Trinajstić information content (AvgIpc) is 2.04. The number of phenolic OH excluding ortho intramolecular Hbond substituents is 1. The Morgan fingerprint density at radius 2 is 1.85 bits per heavy atom. The molecule has 1 aromatic carbocycles. The molecular formula is C9H14ClNO2. The summed E-state index contributed by atoms with van der Waals surface area (Å²) >= 11 is 0. The van der Waals surface area contributed by atoms with E-state index >= 15 is 0 Å². The zero-order valence-corrected chi connectivity index (χ0v) is 8.16. The van der Waals surface area contributed by atoms with E-state index in [-0.39, 0.29) is 24.2 Å². The molecular weight excluding hydrogens is 190 g/mol. The van der Waals surface area contributed by atoms with Crippen LogP contribution in [-0.4, -0.2) is 16.3 Å². The van der Waals surface area contributed by atoms with Gasteiger partial charge >= 0.3 is 0 Å². The van der Waals surface area contributed by atoms with Crippen molar-refractivity contribution in [2.75, 3.05) is 0 Å². The van der Waals surface area contributed by atoms with Crippen molar-refractivity contribution in [2.45, 2.75) is 19.1 Å². The van der Waals surface area contributed by atoms with E-state index in [2.05, 4.69) is 0 Å². The molecule has 2 atom stereocenters. The summed E-state index contributed by atoms with van der Waals surface area (Å²) in [6.45, 7) is 1.69. The van der Waals surface area contributed by atoms with Gasteiger partial charge in [0.2, 0.25) is 0 Å². The van der Waals surface area contributed by atoms with Gasteiger partial charge in [-0.1, -0.05) is 18.2 Å². The smallest absolute Gasteiger partial charge is 0.121 e. The lowest BCUT2D eigenvalue weighted by Crippen LogP contribution is -2.24. The molecule has 4 heteroatoms. The number of aliphatic hydroxyl groups is 1. The summed E-state index contributed by atoms with van der Waals surface area (Å²) in [4.78, 5) is 0. The van der Waals surface area contributed by atoms with Crippen molar-refractivity contribution in [1.29, 1.82) is 0 Å². The van der Waals surface area contributed by atoms with Crippen LogP contribution in [0, 0.1) is 0 Å². The lowest BCUT2D eigenvalue weighted by Gasteiger charge is -2.15. The van der Waals surface area contributed by atoms with Crippen molar-refractivity contribution in [1.82, 2.24) is 0 Å². The number of para-hydroxylation sites is 1. The van der Waals surface area contributed by atoms with Crippen LogP contribution in [0.1, 0.15) is 18.6 Å². The quantitative estimate of drug-likeness (QED) is 0.677. The van der Waals surface area contributed by atoms with E-state index in [0.29, 0.717) is 5.56 Å². The van der Waals surface area contributed by atoms with Crippen LogP contribution in [0.15, 0.2) is 24.3 Å². The number of halogens is 1. The van der Waals surface area contributed by atoms with E-state index in [1.54, 1.807) is 25.1 Å². The van der Waals surface area contributed by atoms with Gasteiger partial charge in [-0.05, 0) is 13.0 Å². The predicted octanol–water partition coefficient (Wildman–Crippen LogP) is 1.19. The second-order valence-corrected chi connectivity index (χ2v) is 2.86. The van der Waals surface area contributed by atoms with Crippen molar-refractivity contribution in [3.05, 3.63) is 29.8 Å². The molecule has 0 amide bonds. The molecule has 0 aliphatic rings. The Kier molecular flexibility index (Phi) is 4.77. The zero-order chi connectivity index (χ0) is 9.14. The Morgan fingerprint density at radius 1 is 1.31 bits per heavy atom. The fourth-order valence-corrected chi connectivity index (χ4v) is 1.02. The van der Waals surface area contributed by atoms with Gasteiger partial charge in [0.15, 0.2) is 0 Å². The fourth-order valence-electron chi connectivity index (χ4n) is 1.02. The summed E-state index contributed by atoms with van der Waals surface area (Å²) in [6.07, 6.45) is -0.800. The first kappa shape index (κ1) is 12.2. The van der Waals surface area contributed by atoms with E-state index in [1.807, 2.05) is 0 Å². The number of aromatic hydroxyl groups is 1. The van der Waals surface area contributed by atoms with Crippen LogP contribution in [0.3, 0.4) is 0 Å². The molecule has 0 spiro atoms. The minimum Gasteiger partial charge on any atom is -0.508 e. The van der Waals surface area contributed by atoms with Crippen LogP contribution in [0.5, 0.6) is 5.75 Å². The molecule has 0 aliphatic carbocycles. The first-order valence-corrected chi connectivity index (χ1v) is 3.84. The molecule has 74 valence electrons. The lowest BCUT2D eigenvalue weighted by atomic mass is 10.0. The second-order valence-electron chi connectivity index (χ2n) is 2.86. The molecule has 0 heterocycles. The molecule has 4 N–H and O–H groups in total. The monoisotopic (exact) mass is 203 g/mol. The maximum absolute atomic E-state index is 9.49. The van der Waals surface area contributed by atoms with Crippen LogP contribution >= 0.6 is 12.4 Å². The van der Waals surface area contributed by atoms with E-state index < -0.39 is 6.10 Å². The number of nitrogens with two attached hydrogens (primary N) is 1. The summed E-state index contributed by atoms with van der Waals surface area (Å²) in [5.41, 5.74) is 5.95. The first-order chi connectivity index (χ1) is 5.63. The van der Waals surface area contributed by atoms with Gasteiger partial charge in [0.1, 0.15) is 5.75 Å². The largest absolute Gasteiger partial charge is 0.508 e. The summed E-state index contributed by atoms with van der Waals surface area (Å²) in [6, 6.07) is 6.26. The minimum absolute atomic E-state index is 0. The molecule has 1 aromatic rings. The normalized spacial score (nSPS) is 14.4. The molecule has 0 radical (unpaired) electrons. The Bertz CT molecular complexity index is 266. The third-order valence-corrected chi connectivity index (χ3v) is 1.75. The van der Waals surface area contributed by atoms with Crippen LogP contribution < -0.4 is 5.73 Å². The molecule has 0 fully saturated rings. The van der Waals surface area contributed by atoms with Crippen molar-refractivity contribution in [2.24, 2.45) is 5.73 Å². The topological polar surface area (TPSA) is 66.5 Å². The van der Waals surface area contributed by atoms with Crippen LogP contribution in [-0.2, 0) is 0 Å². The van der Waals surface area contributed by atoms with Gasteiger partial charge in [-0.15, -0.1) is 12.4 Å². The standard InChI is InChI=1S/C9H13NO2.ClH/c1-6(10)9(12)7-4-2-3-5-8(7)11;/h2-6,9,11-12H,10H2,1H3;1H. The summed E-state index contributed by atoms with van der Waals surface area (Å²) in [5.74, 6) is 0.0855. The highest BCUT2D eigenvalue weighted by atomic mass is 35.5. The highest BCUT2D eigenvalue weighted by Gasteiger charge is 2.14. The highest BCUT2D eigenvalue weighted by molar-refractivity contribution is 5.85. The summed E-state index contributed by atoms with van der Waals surface area (Å²) < 4.78 is 0. The second kappa shape index (κ2) is 5.07. The predicted molar refractivity (Wildman–Crippen MR) is 54.0 cm³/mol. The van der Waals surface area contributed by atoms with Gasteiger partial charge in [-0.2, -0.15) is 0 Å². The van der Waals surface area contributed by atoms with Crippen LogP contribution in [0.25, 0.3) is 0 Å². The Balaban J connectivity index is 0.00000144. The third kappa shape index (κ3) is 2.88. The molecule has 2 unspecified atom stereocenters. The van der Waals surface area contributed by atoms with Crippen LogP contribution in [0.2, 0.25) is 0 Å². The molecule has 3 nitrogen and oxygen atoms in total. The maximum Gasteiger partial charge on any atom is 0.121 e. The molecule has 0 saturated carbocycles. The van der Waals surface area contributed by atoms with E-state index in [1.165, 1.54) is 6.07 Å². The molecule has 1 rings (SSSR count). The van der Waals surface area contributed by atoms with E-state index in [0.717, 1.165) is 0 Å². The van der Waals surface area contributed by atoms with Gasteiger partial charge in [0.05, 0.1) is 6.10 Å². The van der Waals surface area contributed by atoms with Gasteiger partial charge in [-0.25, -0.2) is 0 Å². The number of hydrogen-bond acceptors (Lipinski definition) is 3. The number of hydrogen-bond donors (Lipinski definition) is 3. The van der Waals surface area contributed by atoms with Crippen molar-refractivity contribution < 1.29 is 10.2 Å². The Morgan fingerprint density at radius 3 is 2.31 bits per heavy atom. The van der Waals surface area contributed by atoms with Crippen LogP contribution in [0.4, 0.5) is 0 Å². The van der Waals surface area contributed by atoms with E-state index in [9.17, 15) is 10.2 Å². The average molecular weight is 204 g/mol. The molecule has 0 saturated heterocycles. The fraction of sp³-hybridized carbons (Fsp3) is 0.333. The van der Waals surface area contributed by atoms with E-state index in [4.69, 9.17) is 5.73 Å². The molecule has 13 heavy (non-hydrogen) atoms. The molecule has 0 aliphatic heterocycles. The first-order valence-electron chi connectivity index (χ1n) is 3.84. The number of aliphatic hydroxyl groups excluding tert-OH is 1. The lowest BCUT2D eigenvalue weighted by molar-refractivity contribution is 0.150. The van der Waals surface area contributed by atoms with Gasteiger partial charge in [-0.3, -0.25) is 0 Å². The van der Waals surface area contributed by atoms with Crippen molar-refractivity contribution >= 4 is 12.4 Å². The molecule has 0 aromatic heterocycles. The third-order valence-electron chi connectivity index (χ3n) is 1.75. The number of rotatable bonds is 2. The van der Waals surface area contributed by atoms with Gasteiger partial charge in [0, 0.05) is 11.6 Å². The summed E-state index contributed by atoms with van der Waals surface area (Å²) in [5, 5.41) is 18.8. The Labute approximate surface area is 83.6 Å². The summed E-state index contributed by atoms with van der Waals surface area (Å²) in [7, 11) is 0. The number of benzene rings is 1. The Hall–Kier alpha value is -0.770. The maximum atomic E-state index is 9.49. The molecule has 0 bridgehead atoms. The number of phenols is 1. The SMILES string of the molecule is CC(N)C(O)c1ccccc1O.Cl. The minimum atomic E-state index is -0.800.